The van der Waals surface area contributed by atoms with Gasteiger partial charge in [-0.05, 0) is 55.3 Å². The van der Waals surface area contributed by atoms with Crippen LogP contribution in [0.1, 0.15) is 56.2 Å². The summed E-state index contributed by atoms with van der Waals surface area (Å²) >= 11 is 0. The Balaban J connectivity index is 1.64. The van der Waals surface area contributed by atoms with E-state index in [2.05, 4.69) is 53.6 Å². The number of rotatable bonds is 12. The minimum absolute atomic E-state index is 0.0142. The van der Waals surface area contributed by atoms with Gasteiger partial charge in [0.15, 0.2) is 6.23 Å². The van der Waals surface area contributed by atoms with Gasteiger partial charge in [-0.3, -0.25) is 15.0 Å². The van der Waals surface area contributed by atoms with Gasteiger partial charge in [0.2, 0.25) is 0 Å². The van der Waals surface area contributed by atoms with Crippen LogP contribution in [0.3, 0.4) is 0 Å². The second-order valence-electron chi connectivity index (χ2n) is 9.49. The summed E-state index contributed by atoms with van der Waals surface area (Å²) in [7, 11) is 0. The van der Waals surface area contributed by atoms with E-state index in [1.807, 2.05) is 30.3 Å². The molecule has 0 aliphatic carbocycles. The first-order chi connectivity index (χ1) is 18.0. The van der Waals surface area contributed by atoms with Gasteiger partial charge in [-0.25, -0.2) is 0 Å². The Bertz CT molecular complexity index is 1220. The number of non-ortho nitro benzene ring substituents is 1. The Morgan fingerprint density at radius 2 is 1.68 bits per heavy atom. The summed E-state index contributed by atoms with van der Waals surface area (Å²) in [6.07, 6.45) is 3.79. The van der Waals surface area contributed by atoms with E-state index in [1.54, 1.807) is 6.07 Å². The van der Waals surface area contributed by atoms with Crippen molar-refractivity contribution in [3.8, 4) is 0 Å². The Labute approximate surface area is 219 Å². The standard InChI is InChI=1S/C30H36N4O3/c1-3-5-18-33(19-6-4-2)21-22-12-14-24(15-13-22)31-29(23-10-8-7-9-11-23)28-26-20-25(34(36)37)16-17-27(26)32-30(28)35/h7-17,20,30-32,35H,3-6,18-19,21H2,1-2H3/b29-28-. The van der Waals surface area contributed by atoms with Crippen molar-refractivity contribution in [1.82, 2.24) is 4.90 Å². The molecule has 0 amide bonds. The van der Waals surface area contributed by atoms with E-state index in [4.69, 9.17) is 0 Å². The molecule has 1 atom stereocenters. The summed E-state index contributed by atoms with van der Waals surface area (Å²) in [4.78, 5) is 13.5. The van der Waals surface area contributed by atoms with Crippen LogP contribution in [0.2, 0.25) is 0 Å². The van der Waals surface area contributed by atoms with Crippen molar-refractivity contribution in [2.45, 2.75) is 52.3 Å². The predicted molar refractivity (Wildman–Crippen MR) is 151 cm³/mol. The number of unbranched alkanes of at least 4 members (excludes halogenated alkanes) is 2. The van der Waals surface area contributed by atoms with Crippen molar-refractivity contribution in [3.63, 3.8) is 0 Å². The van der Waals surface area contributed by atoms with E-state index in [-0.39, 0.29) is 5.69 Å². The Morgan fingerprint density at radius 3 is 2.30 bits per heavy atom. The second-order valence-corrected chi connectivity index (χ2v) is 9.49. The van der Waals surface area contributed by atoms with Crippen molar-refractivity contribution in [2.24, 2.45) is 0 Å². The number of nitrogens with zero attached hydrogens (tertiary/aromatic N) is 2. The number of fused-ring (bicyclic) bond motifs is 1. The molecule has 0 aromatic heterocycles. The third-order valence-electron chi connectivity index (χ3n) is 6.69. The molecule has 0 saturated heterocycles. The molecule has 0 saturated carbocycles. The molecule has 0 bridgehead atoms. The second kappa shape index (κ2) is 12.5. The first kappa shape index (κ1) is 26.4. The number of hydrogen-bond donors (Lipinski definition) is 3. The van der Waals surface area contributed by atoms with Crippen LogP contribution in [0, 0.1) is 10.1 Å². The highest BCUT2D eigenvalue weighted by atomic mass is 16.6. The van der Waals surface area contributed by atoms with Crippen LogP contribution in [-0.4, -0.2) is 34.2 Å². The van der Waals surface area contributed by atoms with Crippen molar-refractivity contribution >= 4 is 28.3 Å². The molecule has 0 fully saturated rings. The minimum atomic E-state index is -0.996. The number of aliphatic hydroxyl groups is 1. The molecule has 3 N–H and O–H groups in total. The molecule has 194 valence electrons. The Kier molecular flexibility index (Phi) is 8.93. The zero-order chi connectivity index (χ0) is 26.2. The fourth-order valence-corrected chi connectivity index (χ4v) is 4.66. The lowest BCUT2D eigenvalue weighted by Crippen LogP contribution is -2.25. The average Bonchev–Trinajstić information content (AvgIpc) is 3.24. The van der Waals surface area contributed by atoms with Gasteiger partial charge in [0.25, 0.3) is 5.69 Å². The smallest absolute Gasteiger partial charge is 0.270 e. The van der Waals surface area contributed by atoms with Gasteiger partial charge in [0.1, 0.15) is 0 Å². The van der Waals surface area contributed by atoms with Crippen LogP contribution in [0.5, 0.6) is 0 Å². The largest absolute Gasteiger partial charge is 0.369 e. The van der Waals surface area contributed by atoms with Crippen LogP contribution in [0.4, 0.5) is 17.1 Å². The lowest BCUT2D eigenvalue weighted by atomic mass is 9.99. The Hall–Kier alpha value is -3.68. The lowest BCUT2D eigenvalue weighted by Gasteiger charge is -2.22. The van der Waals surface area contributed by atoms with Gasteiger partial charge >= 0.3 is 0 Å². The molecule has 7 nitrogen and oxygen atoms in total. The molecule has 1 aliphatic heterocycles. The summed E-state index contributed by atoms with van der Waals surface area (Å²) in [5.74, 6) is 0. The molecular formula is C30H36N4O3. The normalized spacial score (nSPS) is 15.8. The van der Waals surface area contributed by atoms with Crippen LogP contribution in [-0.2, 0) is 6.54 Å². The van der Waals surface area contributed by atoms with Gasteiger partial charge in [-0.2, -0.15) is 0 Å². The third-order valence-corrected chi connectivity index (χ3v) is 6.69. The molecule has 1 unspecified atom stereocenters. The van der Waals surface area contributed by atoms with E-state index >= 15 is 0 Å². The van der Waals surface area contributed by atoms with Crippen molar-refractivity contribution in [2.75, 3.05) is 23.7 Å². The summed E-state index contributed by atoms with van der Waals surface area (Å²) in [6.45, 7) is 7.59. The number of benzene rings is 3. The molecule has 37 heavy (non-hydrogen) atoms. The van der Waals surface area contributed by atoms with Gasteiger partial charge in [-0.1, -0.05) is 69.2 Å². The van der Waals surface area contributed by atoms with Gasteiger partial charge < -0.3 is 15.7 Å². The Morgan fingerprint density at radius 1 is 1.00 bits per heavy atom. The number of nitrogens with one attached hydrogen (secondary N) is 2. The van der Waals surface area contributed by atoms with Crippen molar-refractivity contribution < 1.29 is 10.0 Å². The first-order valence-electron chi connectivity index (χ1n) is 13.1. The maximum atomic E-state index is 11.4. The molecule has 7 heteroatoms. The maximum absolute atomic E-state index is 11.4. The molecule has 1 aliphatic rings. The highest BCUT2D eigenvalue weighted by Crippen LogP contribution is 2.41. The molecule has 0 spiro atoms. The number of anilines is 2. The van der Waals surface area contributed by atoms with Crippen LogP contribution in [0.25, 0.3) is 11.3 Å². The topological polar surface area (TPSA) is 90.7 Å². The highest BCUT2D eigenvalue weighted by Gasteiger charge is 2.30. The van der Waals surface area contributed by atoms with Crippen molar-refractivity contribution in [1.29, 1.82) is 0 Å². The molecule has 1 heterocycles. The lowest BCUT2D eigenvalue weighted by molar-refractivity contribution is -0.384. The zero-order valence-electron chi connectivity index (χ0n) is 21.6. The molecule has 3 aromatic carbocycles. The first-order valence-corrected chi connectivity index (χ1v) is 13.1. The van der Waals surface area contributed by atoms with Gasteiger partial charge in [0, 0.05) is 41.2 Å². The van der Waals surface area contributed by atoms with E-state index in [0.717, 1.165) is 30.9 Å². The van der Waals surface area contributed by atoms with Crippen LogP contribution < -0.4 is 10.6 Å². The van der Waals surface area contributed by atoms with E-state index in [0.29, 0.717) is 22.5 Å². The quantitative estimate of drug-likeness (QED) is 0.189. The summed E-state index contributed by atoms with van der Waals surface area (Å²) < 4.78 is 0. The number of aliphatic hydroxyl groups excluding tert-OH is 1. The van der Waals surface area contributed by atoms with E-state index < -0.39 is 11.2 Å². The average molecular weight is 501 g/mol. The molecule has 0 radical (unpaired) electrons. The molecule has 3 aromatic rings. The van der Waals surface area contributed by atoms with E-state index in [1.165, 1.54) is 43.4 Å². The van der Waals surface area contributed by atoms with Crippen LogP contribution in [0.15, 0.2) is 72.8 Å². The third kappa shape index (κ3) is 6.56. The zero-order valence-corrected chi connectivity index (χ0v) is 21.6. The monoisotopic (exact) mass is 500 g/mol. The van der Waals surface area contributed by atoms with Gasteiger partial charge in [0.05, 0.1) is 10.6 Å². The summed E-state index contributed by atoms with van der Waals surface area (Å²) in [5, 5.41) is 28.9. The predicted octanol–water partition coefficient (Wildman–Crippen LogP) is 6.72. The number of nitro groups is 1. The summed E-state index contributed by atoms with van der Waals surface area (Å²) in [6, 6.07) is 22.7. The fourth-order valence-electron chi connectivity index (χ4n) is 4.66. The molecule has 4 rings (SSSR count). The van der Waals surface area contributed by atoms with Gasteiger partial charge in [-0.15, -0.1) is 0 Å². The SMILES string of the molecule is CCCCN(CCCC)Cc1ccc(N/C(=C2/c3cc([N+](=O)[O-])ccc3NC2O)c2ccccc2)cc1. The van der Waals surface area contributed by atoms with Crippen LogP contribution >= 0.6 is 0 Å². The van der Waals surface area contributed by atoms with E-state index in [9.17, 15) is 15.2 Å². The molecular weight excluding hydrogens is 464 g/mol. The highest BCUT2D eigenvalue weighted by molar-refractivity contribution is 6.03. The van der Waals surface area contributed by atoms with Crippen molar-refractivity contribution in [3.05, 3.63) is 99.6 Å². The maximum Gasteiger partial charge on any atom is 0.270 e. The number of nitro benzene ring substituents is 1. The minimum Gasteiger partial charge on any atom is -0.369 e. The fraction of sp³-hybridized carbons (Fsp3) is 0.333. The summed E-state index contributed by atoms with van der Waals surface area (Å²) in [5.41, 5.74) is 5.58. The number of hydrogen-bond acceptors (Lipinski definition) is 6.